The zero-order valence-corrected chi connectivity index (χ0v) is 12.4. The van der Waals surface area contributed by atoms with E-state index in [1.165, 1.54) is 4.90 Å². The number of para-hydroxylation sites is 2. The minimum absolute atomic E-state index is 0.137. The van der Waals surface area contributed by atoms with E-state index in [1.54, 1.807) is 19.2 Å². The van der Waals surface area contributed by atoms with E-state index < -0.39 is 0 Å². The summed E-state index contributed by atoms with van der Waals surface area (Å²) in [6, 6.07) is 16.7. The van der Waals surface area contributed by atoms with Crippen LogP contribution in [0.3, 0.4) is 0 Å². The number of ether oxygens (including phenoxy) is 1. The summed E-state index contributed by atoms with van der Waals surface area (Å²) in [5, 5.41) is 0. The van der Waals surface area contributed by atoms with Gasteiger partial charge in [-0.3, -0.25) is 14.5 Å². The summed E-state index contributed by atoms with van der Waals surface area (Å²) in [7, 11) is 1.61. The molecule has 0 saturated carbocycles. The van der Waals surface area contributed by atoms with Crippen LogP contribution >= 0.6 is 0 Å². The summed E-state index contributed by atoms with van der Waals surface area (Å²) in [6.07, 6.45) is 0.754. The molecule has 0 aliphatic carbocycles. The van der Waals surface area contributed by atoms with Crippen molar-refractivity contribution in [3.8, 4) is 5.75 Å². The normalized spacial score (nSPS) is 17.9. The highest BCUT2D eigenvalue weighted by molar-refractivity contribution is 6.20. The van der Waals surface area contributed by atoms with Gasteiger partial charge in [0.1, 0.15) is 5.75 Å². The van der Waals surface area contributed by atoms with Crippen LogP contribution in [0.25, 0.3) is 0 Å². The van der Waals surface area contributed by atoms with Crippen molar-refractivity contribution in [2.24, 2.45) is 5.92 Å². The highest BCUT2D eigenvalue weighted by atomic mass is 16.5. The lowest BCUT2D eigenvalue weighted by Gasteiger charge is -2.15. The molecule has 3 rings (SSSR count). The molecule has 2 aromatic carbocycles. The van der Waals surface area contributed by atoms with Gasteiger partial charge in [-0.15, -0.1) is 0 Å². The molecule has 1 saturated heterocycles. The second-order valence-electron chi connectivity index (χ2n) is 5.32. The van der Waals surface area contributed by atoms with E-state index in [9.17, 15) is 9.59 Å². The molecule has 22 heavy (non-hydrogen) atoms. The van der Waals surface area contributed by atoms with E-state index in [2.05, 4.69) is 0 Å². The average Bonchev–Trinajstić information content (AvgIpc) is 2.83. The fraction of sp³-hybridized carbons (Fsp3) is 0.222. The number of benzene rings is 2. The smallest absolute Gasteiger partial charge is 0.237 e. The van der Waals surface area contributed by atoms with Gasteiger partial charge in [-0.05, 0) is 30.2 Å². The molecule has 1 fully saturated rings. The van der Waals surface area contributed by atoms with Crippen LogP contribution in [0, 0.1) is 5.92 Å². The van der Waals surface area contributed by atoms with E-state index in [4.69, 9.17) is 4.74 Å². The Balaban J connectivity index is 1.83. The standard InChI is InChI=1S/C18H17NO3/c1-22-16-10-6-5-7-13(16)11-14-12-17(20)19(18(14)21)15-8-3-2-4-9-15/h2-10,14H,11-12H2,1H3/t14-/m0/s1. The fourth-order valence-electron chi connectivity index (χ4n) is 2.84. The molecule has 112 valence electrons. The number of carbonyl (C=O) groups is 2. The Labute approximate surface area is 129 Å². The predicted octanol–water partition coefficient (Wildman–Crippen LogP) is 2.82. The van der Waals surface area contributed by atoms with Crippen LogP contribution in [0.5, 0.6) is 5.75 Å². The van der Waals surface area contributed by atoms with Crippen molar-refractivity contribution >= 4 is 17.5 Å². The van der Waals surface area contributed by atoms with Crippen molar-refractivity contribution in [2.45, 2.75) is 12.8 Å². The van der Waals surface area contributed by atoms with E-state index in [-0.39, 0.29) is 24.2 Å². The highest BCUT2D eigenvalue weighted by Crippen LogP contribution is 2.30. The summed E-state index contributed by atoms with van der Waals surface area (Å²) >= 11 is 0. The van der Waals surface area contributed by atoms with Gasteiger partial charge in [0.15, 0.2) is 0 Å². The van der Waals surface area contributed by atoms with Gasteiger partial charge in [-0.1, -0.05) is 36.4 Å². The molecule has 2 amide bonds. The third-order valence-corrected chi connectivity index (χ3v) is 3.91. The van der Waals surface area contributed by atoms with Gasteiger partial charge in [0.2, 0.25) is 11.8 Å². The molecule has 4 heteroatoms. The summed E-state index contributed by atoms with van der Waals surface area (Å²) in [6.45, 7) is 0. The van der Waals surface area contributed by atoms with Crippen LogP contribution in [0.4, 0.5) is 5.69 Å². The molecule has 0 unspecified atom stereocenters. The Kier molecular flexibility index (Phi) is 3.92. The number of nitrogens with zero attached hydrogens (tertiary/aromatic N) is 1. The van der Waals surface area contributed by atoms with E-state index in [0.717, 1.165) is 11.3 Å². The first-order chi connectivity index (χ1) is 10.7. The van der Waals surface area contributed by atoms with E-state index >= 15 is 0 Å². The third kappa shape index (κ3) is 2.60. The maximum Gasteiger partial charge on any atom is 0.237 e. The number of hydrogen-bond donors (Lipinski definition) is 0. The van der Waals surface area contributed by atoms with Crippen molar-refractivity contribution in [1.29, 1.82) is 0 Å². The van der Waals surface area contributed by atoms with Crippen LogP contribution in [0.2, 0.25) is 0 Å². The molecule has 0 radical (unpaired) electrons. The fourth-order valence-corrected chi connectivity index (χ4v) is 2.84. The molecule has 0 N–H and O–H groups in total. The van der Waals surface area contributed by atoms with Crippen LogP contribution in [0.1, 0.15) is 12.0 Å². The number of methoxy groups -OCH3 is 1. The quantitative estimate of drug-likeness (QED) is 0.815. The van der Waals surface area contributed by atoms with Crippen LogP contribution in [-0.4, -0.2) is 18.9 Å². The molecule has 2 aromatic rings. The van der Waals surface area contributed by atoms with Gasteiger partial charge in [-0.25, -0.2) is 0 Å². The van der Waals surface area contributed by atoms with Crippen molar-refractivity contribution in [2.75, 3.05) is 12.0 Å². The predicted molar refractivity (Wildman–Crippen MR) is 83.7 cm³/mol. The van der Waals surface area contributed by atoms with Crippen molar-refractivity contribution in [1.82, 2.24) is 0 Å². The third-order valence-electron chi connectivity index (χ3n) is 3.91. The van der Waals surface area contributed by atoms with E-state index in [0.29, 0.717) is 12.1 Å². The van der Waals surface area contributed by atoms with Crippen molar-refractivity contribution in [3.63, 3.8) is 0 Å². The topological polar surface area (TPSA) is 46.6 Å². The summed E-state index contributed by atoms with van der Waals surface area (Å²) in [4.78, 5) is 26.1. The monoisotopic (exact) mass is 295 g/mol. The maximum atomic E-state index is 12.6. The van der Waals surface area contributed by atoms with Gasteiger partial charge in [0.05, 0.1) is 18.7 Å². The molecule has 0 aromatic heterocycles. The first-order valence-electron chi connectivity index (χ1n) is 7.24. The first kappa shape index (κ1) is 14.3. The average molecular weight is 295 g/mol. The van der Waals surface area contributed by atoms with Crippen LogP contribution < -0.4 is 9.64 Å². The Hall–Kier alpha value is -2.62. The Morgan fingerprint density at radius 2 is 1.73 bits per heavy atom. The molecule has 0 bridgehead atoms. The van der Waals surface area contributed by atoms with Crippen LogP contribution in [-0.2, 0) is 16.0 Å². The van der Waals surface area contributed by atoms with E-state index in [1.807, 2.05) is 42.5 Å². The minimum Gasteiger partial charge on any atom is -0.496 e. The zero-order valence-electron chi connectivity index (χ0n) is 12.4. The SMILES string of the molecule is COc1ccccc1C[C@H]1CC(=O)N(c2ccccc2)C1=O. The molecule has 4 nitrogen and oxygen atoms in total. The Morgan fingerprint density at radius 1 is 1.05 bits per heavy atom. The largest absolute Gasteiger partial charge is 0.496 e. The number of imide groups is 1. The number of anilines is 1. The lowest BCUT2D eigenvalue weighted by atomic mass is 9.97. The second kappa shape index (κ2) is 6.02. The molecule has 1 atom stereocenters. The number of amides is 2. The lowest BCUT2D eigenvalue weighted by Crippen LogP contribution is -2.30. The molecular formula is C18H17NO3. The van der Waals surface area contributed by atoms with Gasteiger partial charge >= 0.3 is 0 Å². The zero-order chi connectivity index (χ0) is 15.5. The highest BCUT2D eigenvalue weighted by Gasteiger charge is 2.39. The van der Waals surface area contributed by atoms with Crippen molar-refractivity contribution < 1.29 is 14.3 Å². The molecule has 1 aliphatic heterocycles. The van der Waals surface area contributed by atoms with Gasteiger partial charge in [-0.2, -0.15) is 0 Å². The molecule has 1 aliphatic rings. The van der Waals surface area contributed by atoms with Crippen LogP contribution in [0.15, 0.2) is 54.6 Å². The number of hydrogen-bond acceptors (Lipinski definition) is 3. The molecule has 0 spiro atoms. The molecule has 1 heterocycles. The van der Waals surface area contributed by atoms with Crippen molar-refractivity contribution in [3.05, 3.63) is 60.2 Å². The van der Waals surface area contributed by atoms with Gasteiger partial charge in [0.25, 0.3) is 0 Å². The van der Waals surface area contributed by atoms with Gasteiger partial charge in [0, 0.05) is 6.42 Å². The number of carbonyl (C=O) groups excluding carboxylic acids is 2. The number of rotatable bonds is 4. The molecular weight excluding hydrogens is 278 g/mol. The first-order valence-corrected chi connectivity index (χ1v) is 7.24. The summed E-state index contributed by atoms with van der Waals surface area (Å²) < 4.78 is 5.32. The summed E-state index contributed by atoms with van der Waals surface area (Å²) in [5.41, 5.74) is 1.59. The Morgan fingerprint density at radius 3 is 2.45 bits per heavy atom. The Bertz CT molecular complexity index is 696. The van der Waals surface area contributed by atoms with Gasteiger partial charge < -0.3 is 4.74 Å². The lowest BCUT2D eigenvalue weighted by molar-refractivity contribution is -0.122. The second-order valence-corrected chi connectivity index (χ2v) is 5.32. The summed E-state index contributed by atoms with van der Waals surface area (Å²) in [5.74, 6) is 0.142. The maximum absolute atomic E-state index is 12.6. The minimum atomic E-state index is -0.330.